The van der Waals surface area contributed by atoms with Gasteiger partial charge in [0.25, 0.3) is 0 Å². The lowest BCUT2D eigenvalue weighted by atomic mass is 9.60. The van der Waals surface area contributed by atoms with Crippen LogP contribution in [-0.4, -0.2) is 20.4 Å². The highest BCUT2D eigenvalue weighted by Gasteiger charge is 2.46. The summed E-state index contributed by atoms with van der Waals surface area (Å²) in [5.74, 6) is 0.499. The molecule has 0 saturated heterocycles. The number of phenolic OH excluding ortho intramolecular Hbond substituents is 4. The van der Waals surface area contributed by atoms with Crippen molar-refractivity contribution in [2.24, 2.45) is 0 Å². The van der Waals surface area contributed by atoms with Crippen LogP contribution in [0, 0.1) is 27.7 Å². The first-order valence-corrected chi connectivity index (χ1v) is 17.5. The lowest BCUT2D eigenvalue weighted by Crippen LogP contribution is -2.34. The predicted octanol–water partition coefficient (Wildman–Crippen LogP) is 10.5. The monoisotopic (exact) mass is 682 g/mol. The van der Waals surface area contributed by atoms with Crippen LogP contribution >= 0.6 is 0 Å². The topological polar surface area (TPSA) is 80.9 Å². The summed E-state index contributed by atoms with van der Waals surface area (Å²) in [6.07, 6.45) is 0. The maximum atomic E-state index is 12.0. The summed E-state index contributed by atoms with van der Waals surface area (Å²) in [6.45, 7) is 7.51. The molecule has 0 unspecified atom stereocenters. The van der Waals surface area contributed by atoms with Crippen molar-refractivity contribution in [2.45, 2.75) is 38.5 Å². The lowest BCUT2D eigenvalue weighted by molar-refractivity contribution is 0.442. The van der Waals surface area contributed by atoms with Crippen LogP contribution < -0.4 is 0 Å². The average molecular weight is 683 g/mol. The van der Waals surface area contributed by atoms with Crippen LogP contribution in [0.3, 0.4) is 0 Å². The van der Waals surface area contributed by atoms with E-state index in [1.165, 1.54) is 0 Å². The number of aryl methyl sites for hydroxylation is 4. The Kier molecular flexibility index (Phi) is 8.85. The summed E-state index contributed by atoms with van der Waals surface area (Å²) in [4.78, 5) is 0. The Morgan fingerprint density at radius 2 is 0.538 bits per heavy atom. The molecule has 0 aliphatic heterocycles. The molecule has 4 heteroatoms. The number of aromatic hydroxyl groups is 4. The molecule has 0 amide bonds. The zero-order valence-electron chi connectivity index (χ0n) is 29.8. The molecule has 0 saturated carbocycles. The standard InChI is InChI=1S/C48H42O4/c1-31-16-11-26-39(43(31)49)47(35-20-7-5-8-21-35,40-27-12-17-32(2)44(40)50)37-24-15-25-38(30-37)48(36-22-9-6-10-23-36,41-28-13-18-33(3)45(41)51)42-29-14-19-34(4)46(42)52/h5-30,49-52H,1-4H3. The molecule has 7 aromatic carbocycles. The van der Waals surface area contributed by atoms with Crippen LogP contribution in [0.1, 0.15) is 66.8 Å². The third kappa shape index (κ3) is 5.22. The first kappa shape index (κ1) is 34.2. The van der Waals surface area contributed by atoms with Crippen LogP contribution in [0.4, 0.5) is 0 Å². The fourth-order valence-electron chi connectivity index (χ4n) is 8.08. The SMILES string of the molecule is Cc1cccc(C(c2ccccc2)(c2cccc(C(c3ccccc3)(c3cccc(C)c3O)c3cccc(C)c3O)c2)c2cccc(C)c2O)c1O. The highest BCUT2D eigenvalue weighted by Crippen LogP contribution is 2.55. The molecule has 7 rings (SSSR count). The summed E-state index contributed by atoms with van der Waals surface area (Å²) in [5.41, 5.74) is 6.06. The number of hydrogen-bond acceptors (Lipinski definition) is 4. The van der Waals surface area contributed by atoms with Crippen LogP contribution in [0.5, 0.6) is 23.0 Å². The fraction of sp³-hybridized carbons (Fsp3) is 0.125. The van der Waals surface area contributed by atoms with Crippen molar-refractivity contribution >= 4 is 0 Å². The summed E-state index contributed by atoms with van der Waals surface area (Å²) in [5, 5.41) is 48.1. The molecule has 7 aromatic rings. The fourth-order valence-corrected chi connectivity index (χ4v) is 8.08. The summed E-state index contributed by atoms with van der Waals surface area (Å²) in [6, 6.07) is 51.0. The van der Waals surface area contributed by atoms with E-state index in [1.807, 2.05) is 179 Å². The van der Waals surface area contributed by atoms with Gasteiger partial charge in [-0.2, -0.15) is 0 Å². The molecule has 0 heterocycles. The first-order chi connectivity index (χ1) is 25.1. The zero-order chi connectivity index (χ0) is 36.6. The van der Waals surface area contributed by atoms with Gasteiger partial charge in [0.2, 0.25) is 0 Å². The van der Waals surface area contributed by atoms with E-state index in [0.717, 1.165) is 22.3 Å². The Bertz CT molecular complexity index is 2130. The number of hydrogen-bond donors (Lipinski definition) is 4. The number of para-hydroxylation sites is 4. The quantitative estimate of drug-likeness (QED) is 0.120. The van der Waals surface area contributed by atoms with Gasteiger partial charge in [0.1, 0.15) is 23.0 Å². The van der Waals surface area contributed by atoms with Crippen molar-refractivity contribution in [1.29, 1.82) is 0 Å². The largest absolute Gasteiger partial charge is 0.507 e. The van der Waals surface area contributed by atoms with E-state index < -0.39 is 10.8 Å². The Labute approximate surface area is 305 Å². The van der Waals surface area contributed by atoms with E-state index in [2.05, 4.69) is 6.07 Å². The van der Waals surface area contributed by atoms with Crippen molar-refractivity contribution in [3.63, 3.8) is 0 Å². The molecule has 0 fully saturated rings. The molecule has 0 atom stereocenters. The molecule has 0 aliphatic rings. The van der Waals surface area contributed by atoms with E-state index in [1.54, 1.807) is 0 Å². The van der Waals surface area contributed by atoms with Gasteiger partial charge in [0.05, 0.1) is 10.8 Å². The molecule has 0 aromatic heterocycles. The van der Waals surface area contributed by atoms with Gasteiger partial charge in [-0.3, -0.25) is 0 Å². The van der Waals surface area contributed by atoms with Gasteiger partial charge in [-0.25, -0.2) is 0 Å². The first-order valence-electron chi connectivity index (χ1n) is 17.5. The Morgan fingerprint density at radius 1 is 0.288 bits per heavy atom. The summed E-state index contributed by atoms with van der Waals surface area (Å²) >= 11 is 0. The van der Waals surface area contributed by atoms with Crippen LogP contribution in [0.25, 0.3) is 0 Å². The maximum Gasteiger partial charge on any atom is 0.123 e. The minimum Gasteiger partial charge on any atom is -0.507 e. The second kappa shape index (κ2) is 13.5. The molecule has 52 heavy (non-hydrogen) atoms. The van der Waals surface area contributed by atoms with E-state index >= 15 is 0 Å². The van der Waals surface area contributed by atoms with Crippen LogP contribution in [0.2, 0.25) is 0 Å². The van der Waals surface area contributed by atoms with Crippen molar-refractivity contribution in [2.75, 3.05) is 0 Å². The molecule has 0 bridgehead atoms. The van der Waals surface area contributed by atoms with E-state index in [0.29, 0.717) is 44.5 Å². The highest BCUT2D eigenvalue weighted by molar-refractivity contribution is 5.71. The summed E-state index contributed by atoms with van der Waals surface area (Å²) in [7, 11) is 0. The molecule has 0 radical (unpaired) electrons. The van der Waals surface area contributed by atoms with Gasteiger partial charge in [0, 0.05) is 22.3 Å². The third-order valence-electron chi connectivity index (χ3n) is 10.7. The van der Waals surface area contributed by atoms with E-state index in [9.17, 15) is 20.4 Å². The third-order valence-corrected chi connectivity index (χ3v) is 10.7. The van der Waals surface area contributed by atoms with Gasteiger partial charge in [-0.05, 0) is 72.2 Å². The van der Waals surface area contributed by atoms with Crippen LogP contribution in [-0.2, 0) is 10.8 Å². The second-order valence-electron chi connectivity index (χ2n) is 13.7. The minimum atomic E-state index is -1.21. The average Bonchev–Trinajstić information content (AvgIpc) is 3.16. The van der Waals surface area contributed by atoms with Crippen LogP contribution in [0.15, 0.2) is 158 Å². The molecule has 0 aliphatic carbocycles. The van der Waals surface area contributed by atoms with Gasteiger partial charge in [0.15, 0.2) is 0 Å². The van der Waals surface area contributed by atoms with Gasteiger partial charge >= 0.3 is 0 Å². The lowest BCUT2D eigenvalue weighted by Gasteiger charge is -2.41. The Morgan fingerprint density at radius 3 is 0.827 bits per heavy atom. The number of benzene rings is 7. The molecule has 4 nitrogen and oxygen atoms in total. The smallest absolute Gasteiger partial charge is 0.123 e. The maximum absolute atomic E-state index is 12.0. The molecular formula is C48H42O4. The molecule has 4 N–H and O–H groups in total. The van der Waals surface area contributed by atoms with Crippen molar-refractivity contribution in [3.05, 3.63) is 224 Å². The van der Waals surface area contributed by atoms with Gasteiger partial charge < -0.3 is 20.4 Å². The predicted molar refractivity (Wildman–Crippen MR) is 209 cm³/mol. The number of rotatable bonds is 8. The molecule has 0 spiro atoms. The Hall–Kier alpha value is -6.26. The van der Waals surface area contributed by atoms with Crippen molar-refractivity contribution < 1.29 is 20.4 Å². The van der Waals surface area contributed by atoms with Gasteiger partial charge in [-0.1, -0.05) is 158 Å². The number of phenols is 4. The normalized spacial score (nSPS) is 11.8. The highest BCUT2D eigenvalue weighted by atomic mass is 16.3. The van der Waals surface area contributed by atoms with Crippen molar-refractivity contribution in [1.82, 2.24) is 0 Å². The Balaban J connectivity index is 1.71. The molecule has 258 valence electrons. The second-order valence-corrected chi connectivity index (χ2v) is 13.7. The minimum absolute atomic E-state index is 0.125. The van der Waals surface area contributed by atoms with E-state index in [-0.39, 0.29) is 23.0 Å². The molecular weight excluding hydrogens is 641 g/mol. The zero-order valence-corrected chi connectivity index (χ0v) is 29.8. The van der Waals surface area contributed by atoms with Crippen molar-refractivity contribution in [3.8, 4) is 23.0 Å². The summed E-state index contributed by atoms with van der Waals surface area (Å²) < 4.78 is 0. The van der Waals surface area contributed by atoms with Gasteiger partial charge in [-0.15, -0.1) is 0 Å². The van der Waals surface area contributed by atoms with E-state index in [4.69, 9.17) is 0 Å².